The van der Waals surface area contributed by atoms with E-state index in [1.54, 1.807) is 4.52 Å². The molecular formula is C21H25N5O. The van der Waals surface area contributed by atoms with Crippen molar-refractivity contribution in [3.8, 4) is 11.4 Å². The number of benzene rings is 1. The second kappa shape index (κ2) is 7.47. The van der Waals surface area contributed by atoms with Crippen LogP contribution in [0.2, 0.25) is 0 Å². The van der Waals surface area contributed by atoms with E-state index >= 15 is 0 Å². The van der Waals surface area contributed by atoms with E-state index in [0.29, 0.717) is 18.0 Å². The molecule has 0 N–H and O–H groups in total. The zero-order valence-electron chi connectivity index (χ0n) is 16.0. The summed E-state index contributed by atoms with van der Waals surface area (Å²) < 4.78 is 1.76. The minimum Gasteiger partial charge on any atom is -0.342 e. The van der Waals surface area contributed by atoms with Gasteiger partial charge in [-0.25, -0.2) is 9.50 Å². The molecule has 0 bridgehead atoms. The van der Waals surface area contributed by atoms with Crippen LogP contribution < -0.4 is 0 Å². The Kier molecular flexibility index (Phi) is 4.88. The second-order valence-corrected chi connectivity index (χ2v) is 7.25. The van der Waals surface area contributed by atoms with E-state index in [4.69, 9.17) is 0 Å². The maximum absolute atomic E-state index is 12.8. The molecule has 0 radical (unpaired) electrons. The fraction of sp³-hybridized carbons (Fsp3) is 0.429. The highest BCUT2D eigenvalue weighted by molar-refractivity contribution is 5.79. The summed E-state index contributed by atoms with van der Waals surface area (Å²) >= 11 is 0. The van der Waals surface area contributed by atoms with Gasteiger partial charge in [-0.1, -0.05) is 43.2 Å². The number of carbonyl (C=O) groups is 1. The van der Waals surface area contributed by atoms with E-state index in [9.17, 15) is 4.79 Å². The highest BCUT2D eigenvalue weighted by Crippen LogP contribution is 2.20. The summed E-state index contributed by atoms with van der Waals surface area (Å²) in [5, 5.41) is 4.64. The molecule has 0 saturated carbocycles. The lowest BCUT2D eigenvalue weighted by Gasteiger charge is -2.21. The number of fused-ring (bicyclic) bond motifs is 1. The lowest BCUT2D eigenvalue weighted by atomic mass is 10.1. The molecule has 1 amide bonds. The average Bonchev–Trinajstić information content (AvgIpc) is 2.92. The number of aryl methyl sites for hydroxylation is 2. The number of carbonyl (C=O) groups excluding carboxylic acids is 1. The first-order valence-corrected chi connectivity index (χ1v) is 9.69. The van der Waals surface area contributed by atoms with Gasteiger partial charge in [0.05, 0.1) is 6.42 Å². The molecule has 1 aliphatic heterocycles. The Balaban J connectivity index is 1.66. The van der Waals surface area contributed by atoms with Crippen LogP contribution in [0.1, 0.15) is 42.6 Å². The first kappa shape index (κ1) is 17.6. The van der Waals surface area contributed by atoms with Crippen molar-refractivity contribution in [2.24, 2.45) is 0 Å². The third kappa shape index (κ3) is 3.56. The van der Waals surface area contributed by atoms with Crippen molar-refractivity contribution < 1.29 is 4.79 Å². The zero-order valence-corrected chi connectivity index (χ0v) is 16.0. The van der Waals surface area contributed by atoms with Gasteiger partial charge in [0.15, 0.2) is 5.82 Å². The molecule has 3 aromatic rings. The van der Waals surface area contributed by atoms with E-state index in [1.807, 2.05) is 49.1 Å². The predicted octanol–water partition coefficient (Wildman–Crippen LogP) is 3.35. The van der Waals surface area contributed by atoms with Crippen molar-refractivity contribution in [1.29, 1.82) is 0 Å². The van der Waals surface area contributed by atoms with Gasteiger partial charge >= 0.3 is 0 Å². The minimum atomic E-state index is 0.188. The monoisotopic (exact) mass is 363 g/mol. The lowest BCUT2D eigenvalue weighted by Crippen LogP contribution is -2.33. The first-order valence-electron chi connectivity index (χ1n) is 9.69. The van der Waals surface area contributed by atoms with Gasteiger partial charge in [-0.2, -0.15) is 4.98 Å². The summed E-state index contributed by atoms with van der Waals surface area (Å²) in [6, 6.07) is 9.89. The molecule has 1 aliphatic rings. The van der Waals surface area contributed by atoms with Crippen LogP contribution >= 0.6 is 0 Å². The molecule has 1 saturated heterocycles. The van der Waals surface area contributed by atoms with Gasteiger partial charge in [0, 0.05) is 35.6 Å². The van der Waals surface area contributed by atoms with Gasteiger partial charge in [-0.15, -0.1) is 5.10 Å². The van der Waals surface area contributed by atoms with E-state index < -0.39 is 0 Å². The topological polar surface area (TPSA) is 63.4 Å². The summed E-state index contributed by atoms with van der Waals surface area (Å²) in [6.07, 6.45) is 5.02. The average molecular weight is 363 g/mol. The quantitative estimate of drug-likeness (QED) is 0.716. The van der Waals surface area contributed by atoms with Crippen molar-refractivity contribution in [2.45, 2.75) is 46.0 Å². The predicted molar refractivity (Wildman–Crippen MR) is 104 cm³/mol. The SMILES string of the molecule is Cc1nc2nc(-c3ccccc3)nn2c(C)c1CC(=O)N1CCCCCC1. The molecule has 27 heavy (non-hydrogen) atoms. The maximum atomic E-state index is 12.8. The van der Waals surface area contributed by atoms with Crippen LogP contribution in [0, 0.1) is 13.8 Å². The van der Waals surface area contributed by atoms with Crippen LogP contribution in [0.5, 0.6) is 0 Å². The molecule has 6 heteroatoms. The van der Waals surface area contributed by atoms with Crippen LogP contribution in [-0.4, -0.2) is 43.5 Å². The highest BCUT2D eigenvalue weighted by Gasteiger charge is 2.20. The number of likely N-dealkylation sites (tertiary alicyclic amines) is 1. The van der Waals surface area contributed by atoms with Crippen molar-refractivity contribution in [2.75, 3.05) is 13.1 Å². The van der Waals surface area contributed by atoms with Crippen LogP contribution in [0.25, 0.3) is 17.2 Å². The van der Waals surface area contributed by atoms with Gasteiger partial charge in [-0.3, -0.25) is 4.79 Å². The molecule has 6 nitrogen and oxygen atoms in total. The van der Waals surface area contributed by atoms with Gasteiger partial charge in [0.1, 0.15) is 0 Å². The van der Waals surface area contributed by atoms with E-state index in [1.165, 1.54) is 12.8 Å². The van der Waals surface area contributed by atoms with Crippen LogP contribution in [0.15, 0.2) is 30.3 Å². The Bertz CT molecular complexity index is 956. The minimum absolute atomic E-state index is 0.188. The Hall–Kier alpha value is -2.76. The largest absolute Gasteiger partial charge is 0.342 e. The number of nitrogens with zero attached hydrogens (tertiary/aromatic N) is 5. The van der Waals surface area contributed by atoms with E-state index in [2.05, 4.69) is 15.1 Å². The molecular weight excluding hydrogens is 338 g/mol. The third-order valence-corrected chi connectivity index (χ3v) is 5.37. The smallest absolute Gasteiger partial charge is 0.253 e. The molecule has 3 heterocycles. The summed E-state index contributed by atoms with van der Waals surface area (Å²) in [7, 11) is 0. The Labute approximate surface area is 159 Å². The Morgan fingerprint density at radius 3 is 2.41 bits per heavy atom. The number of hydrogen-bond donors (Lipinski definition) is 0. The molecule has 1 fully saturated rings. The van der Waals surface area contributed by atoms with Crippen molar-refractivity contribution in [3.63, 3.8) is 0 Å². The van der Waals surface area contributed by atoms with Crippen LogP contribution in [0.3, 0.4) is 0 Å². The summed E-state index contributed by atoms with van der Waals surface area (Å²) in [5.74, 6) is 1.42. The van der Waals surface area contributed by atoms with E-state index in [0.717, 1.165) is 48.4 Å². The third-order valence-electron chi connectivity index (χ3n) is 5.37. The van der Waals surface area contributed by atoms with Gasteiger partial charge < -0.3 is 4.90 Å². The Morgan fingerprint density at radius 2 is 1.70 bits per heavy atom. The molecule has 1 aromatic carbocycles. The number of amides is 1. The molecule has 0 spiro atoms. The van der Waals surface area contributed by atoms with Crippen molar-refractivity contribution >= 4 is 11.7 Å². The number of rotatable bonds is 3. The normalized spacial score (nSPS) is 15.1. The number of aromatic nitrogens is 4. The maximum Gasteiger partial charge on any atom is 0.253 e. The number of hydrogen-bond acceptors (Lipinski definition) is 4. The summed E-state index contributed by atoms with van der Waals surface area (Å²) in [6.45, 7) is 5.69. The fourth-order valence-electron chi connectivity index (χ4n) is 3.76. The van der Waals surface area contributed by atoms with Crippen LogP contribution in [-0.2, 0) is 11.2 Å². The standard InChI is InChI=1S/C21H25N5O/c1-15-18(14-19(27)25-12-8-3-4-9-13-25)16(2)26-21(22-15)23-20(24-26)17-10-6-5-7-11-17/h5-7,10-11H,3-4,8-9,12-14H2,1-2H3. The van der Waals surface area contributed by atoms with Crippen molar-refractivity contribution in [3.05, 3.63) is 47.3 Å². The summed E-state index contributed by atoms with van der Waals surface area (Å²) in [5.41, 5.74) is 3.72. The Morgan fingerprint density at radius 1 is 1.00 bits per heavy atom. The molecule has 0 atom stereocenters. The first-order chi connectivity index (χ1) is 13.1. The van der Waals surface area contributed by atoms with Gasteiger partial charge in [0.2, 0.25) is 5.91 Å². The molecule has 4 rings (SSSR count). The molecule has 140 valence electrons. The van der Waals surface area contributed by atoms with Crippen LogP contribution in [0.4, 0.5) is 0 Å². The van der Waals surface area contributed by atoms with Gasteiger partial charge in [-0.05, 0) is 26.7 Å². The lowest BCUT2D eigenvalue weighted by molar-refractivity contribution is -0.130. The summed E-state index contributed by atoms with van der Waals surface area (Å²) in [4.78, 5) is 24.0. The zero-order chi connectivity index (χ0) is 18.8. The molecule has 0 unspecified atom stereocenters. The molecule has 0 aliphatic carbocycles. The van der Waals surface area contributed by atoms with Crippen molar-refractivity contribution in [1.82, 2.24) is 24.5 Å². The molecule has 2 aromatic heterocycles. The van der Waals surface area contributed by atoms with Gasteiger partial charge in [0.25, 0.3) is 5.78 Å². The fourth-order valence-corrected chi connectivity index (χ4v) is 3.76. The highest BCUT2D eigenvalue weighted by atomic mass is 16.2. The van der Waals surface area contributed by atoms with E-state index in [-0.39, 0.29) is 5.91 Å². The second-order valence-electron chi connectivity index (χ2n) is 7.25.